The summed E-state index contributed by atoms with van der Waals surface area (Å²) >= 11 is 1.54. The fourth-order valence-electron chi connectivity index (χ4n) is 5.70. The van der Waals surface area contributed by atoms with E-state index in [0.29, 0.717) is 19.8 Å². The number of nitrogens with one attached hydrogen (secondary N) is 1. The number of anilines is 2. The molecule has 0 bridgehead atoms. The molecule has 0 unspecified atom stereocenters. The lowest BCUT2D eigenvalue weighted by Gasteiger charge is -2.45. The quantitative estimate of drug-likeness (QED) is 0.570. The number of hydrogen-bond acceptors (Lipinski definition) is 10. The van der Waals surface area contributed by atoms with Crippen LogP contribution < -0.4 is 20.7 Å². The van der Waals surface area contributed by atoms with Crippen LogP contribution in [0.3, 0.4) is 0 Å². The molecule has 1 aliphatic carbocycles. The number of nitrogens with zero attached hydrogens (tertiary/aromatic N) is 5. The Hall–Kier alpha value is -2.95. The molecule has 3 aromatic rings. The number of pyridine rings is 2. The third-order valence-electron chi connectivity index (χ3n) is 7.85. The largest absolute Gasteiger partial charge is 0.486 e. The second-order valence-corrected chi connectivity index (χ2v) is 11.1. The summed E-state index contributed by atoms with van der Waals surface area (Å²) in [6, 6.07) is 6.15. The lowest BCUT2D eigenvalue weighted by molar-refractivity contribution is -0.0652. The highest BCUT2D eigenvalue weighted by molar-refractivity contribution is 7.99. The number of hydrogen-bond donors (Lipinski definition) is 2. The summed E-state index contributed by atoms with van der Waals surface area (Å²) in [6.07, 6.45) is 10.4. The number of nitrogens with two attached hydrogens (primary N) is 1. The molecule has 7 rings (SSSR count). The van der Waals surface area contributed by atoms with Crippen LogP contribution in [0.2, 0.25) is 0 Å². The average Bonchev–Trinajstić information content (AvgIpc) is 3.15. The summed E-state index contributed by atoms with van der Waals surface area (Å²) in [5.41, 5.74) is 9.05. The van der Waals surface area contributed by atoms with Crippen molar-refractivity contribution in [2.45, 2.75) is 40.8 Å². The van der Waals surface area contributed by atoms with Crippen LogP contribution in [0.25, 0.3) is 0 Å². The minimum absolute atomic E-state index is 0.0629. The molecule has 6 heterocycles. The highest BCUT2D eigenvalue weighted by atomic mass is 32.2. The van der Waals surface area contributed by atoms with Crippen molar-refractivity contribution < 1.29 is 9.47 Å². The molecule has 3 aromatic heterocycles. The predicted octanol–water partition coefficient (Wildman–Crippen LogP) is 2.83. The molecule has 180 valence electrons. The number of rotatable bonds is 3. The van der Waals surface area contributed by atoms with Gasteiger partial charge in [-0.2, -0.15) is 0 Å². The first kappa shape index (κ1) is 21.3. The summed E-state index contributed by atoms with van der Waals surface area (Å²) < 4.78 is 11.4. The highest BCUT2D eigenvalue weighted by Crippen LogP contribution is 2.50. The van der Waals surface area contributed by atoms with Gasteiger partial charge in [0.05, 0.1) is 30.5 Å². The van der Waals surface area contributed by atoms with Gasteiger partial charge in [-0.15, -0.1) is 0 Å². The maximum atomic E-state index is 6.69. The van der Waals surface area contributed by atoms with Gasteiger partial charge in [-0.05, 0) is 42.4 Å². The molecule has 9 nitrogen and oxygen atoms in total. The van der Waals surface area contributed by atoms with Crippen molar-refractivity contribution in [1.29, 1.82) is 0 Å². The van der Waals surface area contributed by atoms with Crippen molar-refractivity contribution >= 4 is 23.4 Å². The zero-order valence-electron chi connectivity index (χ0n) is 19.3. The van der Waals surface area contributed by atoms with Crippen LogP contribution >= 0.6 is 11.8 Å². The van der Waals surface area contributed by atoms with Gasteiger partial charge in [0.25, 0.3) is 0 Å². The Morgan fingerprint density at radius 1 is 1.03 bits per heavy atom. The first-order valence-corrected chi connectivity index (χ1v) is 12.9. The first-order valence-electron chi connectivity index (χ1n) is 12.1. The predicted molar refractivity (Wildman–Crippen MR) is 132 cm³/mol. The second-order valence-electron chi connectivity index (χ2n) is 10.0. The van der Waals surface area contributed by atoms with Crippen molar-refractivity contribution in [3.8, 4) is 5.75 Å². The molecule has 4 aliphatic rings. The van der Waals surface area contributed by atoms with Crippen LogP contribution in [0.4, 0.5) is 11.6 Å². The molecule has 35 heavy (non-hydrogen) atoms. The zero-order chi connectivity index (χ0) is 23.5. The van der Waals surface area contributed by atoms with Crippen LogP contribution in [0.15, 0.2) is 52.9 Å². The van der Waals surface area contributed by atoms with E-state index in [9.17, 15) is 0 Å². The summed E-state index contributed by atoms with van der Waals surface area (Å²) in [6.45, 7) is 3.71. The van der Waals surface area contributed by atoms with Gasteiger partial charge in [-0.1, -0.05) is 17.8 Å². The van der Waals surface area contributed by atoms with Gasteiger partial charge in [-0.3, -0.25) is 4.98 Å². The maximum Gasteiger partial charge on any atom is 0.175 e. The maximum absolute atomic E-state index is 6.69. The van der Waals surface area contributed by atoms with E-state index >= 15 is 0 Å². The summed E-state index contributed by atoms with van der Waals surface area (Å²) in [5.74, 6) is 2.44. The first-order chi connectivity index (χ1) is 17.1. The van der Waals surface area contributed by atoms with E-state index in [0.717, 1.165) is 59.7 Å². The molecule has 2 saturated heterocycles. The molecule has 0 radical (unpaired) electrons. The van der Waals surface area contributed by atoms with E-state index in [1.165, 1.54) is 23.0 Å². The molecule has 0 amide bonds. The highest BCUT2D eigenvalue weighted by Gasteiger charge is 2.47. The van der Waals surface area contributed by atoms with Crippen molar-refractivity contribution in [3.05, 3.63) is 54.2 Å². The number of fused-ring (bicyclic) bond motifs is 2. The van der Waals surface area contributed by atoms with Crippen LogP contribution in [-0.4, -0.2) is 58.4 Å². The van der Waals surface area contributed by atoms with Gasteiger partial charge < -0.3 is 25.4 Å². The second kappa shape index (κ2) is 8.04. The Morgan fingerprint density at radius 3 is 2.66 bits per heavy atom. The fourth-order valence-corrected chi connectivity index (χ4v) is 6.52. The molecule has 3 aliphatic heterocycles. The Bertz CT molecular complexity index is 1260. The summed E-state index contributed by atoms with van der Waals surface area (Å²) in [4.78, 5) is 21.8. The third-order valence-corrected chi connectivity index (χ3v) is 8.81. The molecule has 10 heteroatoms. The van der Waals surface area contributed by atoms with Gasteiger partial charge in [0, 0.05) is 37.2 Å². The van der Waals surface area contributed by atoms with Crippen molar-refractivity contribution in [2.24, 2.45) is 11.1 Å². The number of ether oxygens (including phenoxy) is 2. The lowest BCUT2D eigenvalue weighted by Crippen LogP contribution is -2.61. The minimum Gasteiger partial charge on any atom is -0.486 e. The monoisotopic (exact) mass is 489 g/mol. The summed E-state index contributed by atoms with van der Waals surface area (Å²) in [5, 5.41) is 4.31. The van der Waals surface area contributed by atoms with Crippen LogP contribution in [0.5, 0.6) is 5.75 Å². The Kier molecular flexibility index (Phi) is 4.90. The lowest BCUT2D eigenvalue weighted by atomic mass is 9.73. The Balaban J connectivity index is 1.02. The van der Waals surface area contributed by atoms with Crippen LogP contribution in [0.1, 0.15) is 30.1 Å². The van der Waals surface area contributed by atoms with Crippen LogP contribution in [0, 0.1) is 5.41 Å². The minimum atomic E-state index is -0.139. The van der Waals surface area contributed by atoms with E-state index in [2.05, 4.69) is 26.3 Å². The van der Waals surface area contributed by atoms with Crippen molar-refractivity contribution in [2.75, 3.05) is 43.1 Å². The summed E-state index contributed by atoms with van der Waals surface area (Å²) in [7, 11) is 0. The Morgan fingerprint density at radius 2 is 1.91 bits per heavy atom. The standard InChI is InChI=1S/C25H27N7O2S/c26-22-16-2-1-6-27-17(16)10-24(22)4-8-32(9-5-24)19-11-30-20(12-29-19)35-18-3-7-28-23-21(18)34-15-25(31-23)13-33-14-25/h1-3,6-7,11-12,22H,4-5,8-10,13-15,26H2,(H,28,31)/t22-/m1/s1. The van der Waals surface area contributed by atoms with Gasteiger partial charge >= 0.3 is 0 Å². The fraction of sp³-hybridized carbons (Fsp3) is 0.440. The third kappa shape index (κ3) is 3.54. The molecule has 3 N–H and O–H groups in total. The van der Waals surface area contributed by atoms with E-state index in [1.807, 2.05) is 30.7 Å². The zero-order valence-corrected chi connectivity index (χ0v) is 20.1. The van der Waals surface area contributed by atoms with Crippen molar-refractivity contribution in [3.63, 3.8) is 0 Å². The van der Waals surface area contributed by atoms with Gasteiger partial charge in [0.15, 0.2) is 11.6 Å². The number of piperidine rings is 1. The van der Waals surface area contributed by atoms with Crippen LogP contribution in [-0.2, 0) is 11.2 Å². The van der Waals surface area contributed by atoms with Gasteiger partial charge in [0.2, 0.25) is 0 Å². The SMILES string of the molecule is N[C@@H]1c2cccnc2CC12CCN(c1cnc(Sc3ccnc4c3OCC3(COC3)N4)cn1)CC2. The Labute approximate surface area is 207 Å². The van der Waals surface area contributed by atoms with E-state index in [1.54, 1.807) is 6.20 Å². The molecule has 2 fully saturated rings. The molecule has 1 atom stereocenters. The topological polar surface area (TPSA) is 111 Å². The van der Waals surface area contributed by atoms with Gasteiger partial charge in [-0.25, -0.2) is 15.0 Å². The smallest absolute Gasteiger partial charge is 0.175 e. The normalized spacial score (nSPS) is 23.2. The number of aromatic nitrogens is 4. The van der Waals surface area contributed by atoms with Gasteiger partial charge in [0.1, 0.15) is 23.0 Å². The van der Waals surface area contributed by atoms with E-state index in [4.69, 9.17) is 25.2 Å². The average molecular weight is 490 g/mol. The molecule has 0 aromatic carbocycles. The van der Waals surface area contributed by atoms with E-state index in [-0.39, 0.29) is 17.0 Å². The van der Waals surface area contributed by atoms with E-state index < -0.39 is 0 Å². The molecular formula is C25H27N7O2S. The van der Waals surface area contributed by atoms with Crippen molar-refractivity contribution in [1.82, 2.24) is 19.9 Å². The molecular weight excluding hydrogens is 462 g/mol. The molecule has 0 saturated carbocycles. The molecule has 2 spiro atoms.